The summed E-state index contributed by atoms with van der Waals surface area (Å²) in [5.41, 5.74) is 1.35. The van der Waals surface area contributed by atoms with Gasteiger partial charge >= 0.3 is 0 Å². The van der Waals surface area contributed by atoms with Crippen molar-refractivity contribution < 1.29 is 15.3 Å². The van der Waals surface area contributed by atoms with Crippen molar-refractivity contribution >= 4 is 17.3 Å². The molecular weight excluding hydrogens is 128 g/mol. The molecule has 0 fully saturated rings. The third-order valence-corrected chi connectivity index (χ3v) is 1.11. The highest BCUT2D eigenvalue weighted by Crippen LogP contribution is 2.10. The smallest absolute Gasteiger partial charge is 0.147 e. The van der Waals surface area contributed by atoms with Crippen LogP contribution in [0.4, 0.5) is 0 Å². The molecule has 0 aromatic heterocycles. The van der Waals surface area contributed by atoms with Crippen LogP contribution < -0.4 is 0 Å². The van der Waals surface area contributed by atoms with Crippen molar-refractivity contribution in [3.8, 4) is 0 Å². The lowest BCUT2D eigenvalue weighted by Gasteiger charge is -2.08. The van der Waals surface area contributed by atoms with Crippen LogP contribution in [0.5, 0.6) is 0 Å². The van der Waals surface area contributed by atoms with Crippen LogP contribution in [0.25, 0.3) is 0 Å². The molecule has 0 radical (unpaired) electrons. The Bertz CT molecular complexity index is 128. The Morgan fingerprint density at radius 2 is 2.25 bits per heavy atom. The minimum Gasteiger partial charge on any atom is -0.147 e. The molecule has 0 atom stereocenters. The Morgan fingerprint density at radius 3 is 2.50 bits per heavy atom. The molecule has 2 N–H and O–H groups in total. The number of hydrogen-bond donors (Lipinski definition) is 2. The number of nitrogens with zero attached hydrogens (tertiary/aromatic N) is 2. The molecule has 44 valence electrons. The van der Waals surface area contributed by atoms with Gasteiger partial charge in [0.25, 0.3) is 0 Å². The van der Waals surface area contributed by atoms with E-state index in [1.54, 1.807) is 0 Å². The quantitative estimate of drug-likeness (QED) is 0.479. The maximum atomic E-state index is 8.57. The van der Waals surface area contributed by atoms with Crippen molar-refractivity contribution in [2.75, 3.05) is 0 Å². The standard InChI is InChI=1S/C3H5N2O2S/c6-5(7)1-2-8-3-4-5/h1-3,6-7H/q+1. The molecule has 0 amide bonds. The van der Waals surface area contributed by atoms with Gasteiger partial charge in [0.1, 0.15) is 10.5 Å². The Labute approximate surface area is 50.2 Å². The molecule has 1 aliphatic rings. The van der Waals surface area contributed by atoms with Crippen molar-refractivity contribution in [3.05, 3.63) is 11.6 Å². The van der Waals surface area contributed by atoms with E-state index in [0.29, 0.717) is 0 Å². The van der Waals surface area contributed by atoms with E-state index in [2.05, 4.69) is 5.10 Å². The lowest BCUT2D eigenvalue weighted by molar-refractivity contribution is -1.22. The SMILES string of the molecule is O[N+]1(O)C=CSC=N1. The van der Waals surface area contributed by atoms with E-state index in [0.717, 1.165) is 6.20 Å². The Morgan fingerprint density at radius 1 is 1.50 bits per heavy atom. The monoisotopic (exact) mass is 133 g/mol. The molecule has 0 unspecified atom stereocenters. The number of rotatable bonds is 0. The number of hydroxylamine groups is 2. The second-order valence-electron chi connectivity index (χ2n) is 1.26. The Balaban J connectivity index is 2.69. The fourth-order valence-electron chi connectivity index (χ4n) is 0.287. The van der Waals surface area contributed by atoms with Gasteiger partial charge in [-0.3, -0.25) is 0 Å². The van der Waals surface area contributed by atoms with E-state index in [-0.39, 0.29) is 0 Å². The molecule has 0 aliphatic carbocycles. The minimum atomic E-state index is -1.38. The zero-order valence-corrected chi connectivity index (χ0v) is 4.75. The summed E-state index contributed by atoms with van der Waals surface area (Å²) in [6.45, 7) is 0. The molecule has 0 aromatic rings. The van der Waals surface area contributed by atoms with Crippen molar-refractivity contribution in [2.24, 2.45) is 5.10 Å². The zero-order valence-electron chi connectivity index (χ0n) is 3.93. The first kappa shape index (κ1) is 5.77. The van der Waals surface area contributed by atoms with Crippen LogP contribution in [0.2, 0.25) is 0 Å². The minimum absolute atomic E-state index is 1.14. The first-order chi connectivity index (χ1) is 3.71. The van der Waals surface area contributed by atoms with Gasteiger partial charge in [-0.15, -0.1) is 10.4 Å². The molecule has 0 spiro atoms. The molecular formula is C3H5N2O2S+. The summed E-state index contributed by atoms with van der Waals surface area (Å²) in [6.07, 6.45) is 1.14. The van der Waals surface area contributed by atoms with Gasteiger partial charge in [0.2, 0.25) is 6.20 Å². The lowest BCUT2D eigenvalue weighted by atomic mass is 11.0. The number of quaternary nitrogens is 1. The predicted molar refractivity (Wildman–Crippen MR) is 29.1 cm³/mol. The van der Waals surface area contributed by atoms with Gasteiger partial charge in [-0.2, -0.15) is 0 Å². The summed E-state index contributed by atoms with van der Waals surface area (Å²) in [6, 6.07) is 0. The molecule has 0 saturated carbocycles. The summed E-state index contributed by atoms with van der Waals surface area (Å²) < 4.78 is 0. The zero-order chi connectivity index (χ0) is 6.04. The largest absolute Gasteiger partial charge is 0.201 e. The molecule has 1 rings (SSSR count). The molecule has 0 aromatic carbocycles. The van der Waals surface area contributed by atoms with Gasteiger partial charge < -0.3 is 0 Å². The maximum absolute atomic E-state index is 8.57. The molecule has 5 heteroatoms. The van der Waals surface area contributed by atoms with Crippen molar-refractivity contribution in [3.63, 3.8) is 0 Å². The van der Waals surface area contributed by atoms with Crippen molar-refractivity contribution in [1.29, 1.82) is 0 Å². The van der Waals surface area contributed by atoms with Crippen LogP contribution in [0, 0.1) is 0 Å². The first-order valence-electron chi connectivity index (χ1n) is 1.92. The first-order valence-corrected chi connectivity index (χ1v) is 2.86. The van der Waals surface area contributed by atoms with Gasteiger partial charge in [0.05, 0.1) is 0 Å². The van der Waals surface area contributed by atoms with Crippen LogP contribution in [-0.2, 0) is 0 Å². The summed E-state index contributed by atoms with van der Waals surface area (Å²) in [7, 11) is 0. The van der Waals surface area contributed by atoms with E-state index in [4.69, 9.17) is 10.4 Å². The highest BCUT2D eigenvalue weighted by Gasteiger charge is 2.18. The highest BCUT2D eigenvalue weighted by molar-refractivity contribution is 8.14. The average Bonchev–Trinajstić information content (AvgIpc) is 1.65. The van der Waals surface area contributed by atoms with Gasteiger partial charge in [0.15, 0.2) is 0 Å². The van der Waals surface area contributed by atoms with Crippen molar-refractivity contribution in [2.45, 2.75) is 0 Å². The van der Waals surface area contributed by atoms with E-state index in [9.17, 15) is 0 Å². The maximum Gasteiger partial charge on any atom is 0.201 e. The second kappa shape index (κ2) is 1.87. The topological polar surface area (TPSA) is 52.8 Å². The molecule has 1 heterocycles. The summed E-state index contributed by atoms with van der Waals surface area (Å²) in [5, 5.41) is 21.9. The van der Waals surface area contributed by atoms with Crippen LogP contribution >= 0.6 is 11.8 Å². The van der Waals surface area contributed by atoms with Crippen LogP contribution in [-0.4, -0.2) is 20.9 Å². The van der Waals surface area contributed by atoms with E-state index >= 15 is 0 Å². The summed E-state index contributed by atoms with van der Waals surface area (Å²) >= 11 is 1.29. The summed E-state index contributed by atoms with van der Waals surface area (Å²) in [4.78, 5) is -1.38. The van der Waals surface area contributed by atoms with Gasteiger partial charge in [-0.1, -0.05) is 11.8 Å². The molecule has 1 aliphatic heterocycles. The molecule has 0 bridgehead atoms. The molecule has 8 heavy (non-hydrogen) atoms. The van der Waals surface area contributed by atoms with Crippen LogP contribution in [0.1, 0.15) is 0 Å². The van der Waals surface area contributed by atoms with E-state index in [1.807, 2.05) is 0 Å². The lowest BCUT2D eigenvalue weighted by Crippen LogP contribution is -2.28. The Hall–Kier alpha value is -0.360. The second-order valence-corrected chi connectivity index (χ2v) is 2.01. The number of hydrogen-bond acceptors (Lipinski definition) is 4. The average molecular weight is 133 g/mol. The normalized spacial score (nSPS) is 23.8. The number of thioether (sulfide) groups is 1. The molecule has 4 nitrogen and oxygen atoms in total. The van der Waals surface area contributed by atoms with Gasteiger partial charge in [-0.25, -0.2) is 0 Å². The third-order valence-electron chi connectivity index (χ3n) is 0.617. The van der Waals surface area contributed by atoms with E-state index in [1.165, 1.54) is 22.7 Å². The highest BCUT2D eigenvalue weighted by atomic mass is 32.2. The summed E-state index contributed by atoms with van der Waals surface area (Å²) in [5.74, 6) is 0. The van der Waals surface area contributed by atoms with Gasteiger partial charge in [-0.05, 0) is 5.10 Å². The van der Waals surface area contributed by atoms with Crippen LogP contribution in [0.15, 0.2) is 16.7 Å². The van der Waals surface area contributed by atoms with E-state index < -0.39 is 4.92 Å². The fraction of sp³-hybridized carbons (Fsp3) is 0. The van der Waals surface area contributed by atoms with Crippen molar-refractivity contribution in [1.82, 2.24) is 0 Å². The Kier molecular flexibility index (Phi) is 1.35. The fourth-order valence-corrected chi connectivity index (χ4v) is 0.784. The molecule has 0 saturated heterocycles. The third kappa shape index (κ3) is 1.31. The van der Waals surface area contributed by atoms with Gasteiger partial charge in [0, 0.05) is 5.41 Å². The predicted octanol–water partition coefficient (Wildman–Crippen LogP) is 0.743. The van der Waals surface area contributed by atoms with Crippen LogP contribution in [0.3, 0.4) is 0 Å².